The summed E-state index contributed by atoms with van der Waals surface area (Å²) in [7, 11) is 0. The molecule has 0 spiro atoms. The van der Waals surface area contributed by atoms with Gasteiger partial charge in [-0.2, -0.15) is 0 Å². The summed E-state index contributed by atoms with van der Waals surface area (Å²) < 4.78 is 7.23. The molecule has 0 bridgehead atoms. The highest BCUT2D eigenvalue weighted by atomic mass is 16.5. The standard InChI is InChI=1S/C25H23N3O2/c1-4-30-25(29)19-7-9-22(10-8-19)27-16-21-14-17(2)28(18(21)3)23-11-12-24-20(15-23)6-5-13-26-24/h5-16H,4H2,1-3H3. The number of carbonyl (C=O) groups excluding carboxylic acids is 1. The highest BCUT2D eigenvalue weighted by Gasteiger charge is 2.10. The van der Waals surface area contributed by atoms with Crippen LogP contribution in [0.2, 0.25) is 0 Å². The minimum absolute atomic E-state index is 0.317. The Bertz CT molecular complexity index is 1240. The van der Waals surface area contributed by atoms with E-state index in [1.807, 2.05) is 36.7 Å². The third-order valence-electron chi connectivity index (χ3n) is 5.05. The molecule has 0 saturated heterocycles. The van der Waals surface area contributed by atoms with Gasteiger partial charge in [0.15, 0.2) is 0 Å². The Morgan fingerprint density at radius 2 is 1.90 bits per heavy atom. The average molecular weight is 397 g/mol. The second-order valence-corrected chi connectivity index (χ2v) is 7.07. The summed E-state index contributed by atoms with van der Waals surface area (Å²) in [6.07, 6.45) is 3.67. The van der Waals surface area contributed by atoms with Crippen LogP contribution in [0.4, 0.5) is 5.69 Å². The molecular formula is C25H23N3O2. The van der Waals surface area contributed by atoms with E-state index in [4.69, 9.17) is 4.74 Å². The number of rotatable bonds is 5. The van der Waals surface area contributed by atoms with Crippen LogP contribution < -0.4 is 0 Å². The third kappa shape index (κ3) is 3.87. The number of benzene rings is 2. The number of aromatic nitrogens is 2. The lowest BCUT2D eigenvalue weighted by molar-refractivity contribution is 0.0526. The molecule has 0 aliphatic rings. The molecule has 5 nitrogen and oxygen atoms in total. The number of ether oxygens (including phenoxy) is 1. The fraction of sp³-hybridized carbons (Fsp3) is 0.160. The zero-order chi connectivity index (χ0) is 21.1. The molecule has 2 aromatic carbocycles. The van der Waals surface area contributed by atoms with Gasteiger partial charge in [0.05, 0.1) is 23.4 Å². The van der Waals surface area contributed by atoms with E-state index in [0.29, 0.717) is 12.2 Å². The van der Waals surface area contributed by atoms with Gasteiger partial charge >= 0.3 is 5.97 Å². The van der Waals surface area contributed by atoms with Crippen LogP contribution >= 0.6 is 0 Å². The molecular weight excluding hydrogens is 374 g/mol. The van der Waals surface area contributed by atoms with Crippen molar-refractivity contribution in [3.05, 3.63) is 89.4 Å². The van der Waals surface area contributed by atoms with E-state index in [2.05, 4.69) is 52.7 Å². The summed E-state index contributed by atoms with van der Waals surface area (Å²) in [5.74, 6) is -0.317. The first-order chi connectivity index (χ1) is 14.6. The van der Waals surface area contributed by atoms with E-state index in [9.17, 15) is 4.79 Å². The van der Waals surface area contributed by atoms with E-state index in [1.54, 1.807) is 19.1 Å². The van der Waals surface area contributed by atoms with Crippen molar-refractivity contribution in [3.63, 3.8) is 0 Å². The van der Waals surface area contributed by atoms with Crippen molar-refractivity contribution in [2.24, 2.45) is 4.99 Å². The molecule has 4 aromatic rings. The molecule has 0 aliphatic heterocycles. The molecule has 150 valence electrons. The minimum Gasteiger partial charge on any atom is -0.462 e. The van der Waals surface area contributed by atoms with E-state index in [0.717, 1.165) is 39.2 Å². The Morgan fingerprint density at radius 1 is 1.10 bits per heavy atom. The number of hydrogen-bond donors (Lipinski definition) is 0. The van der Waals surface area contributed by atoms with Crippen LogP contribution in [0.1, 0.15) is 34.2 Å². The molecule has 30 heavy (non-hydrogen) atoms. The SMILES string of the molecule is CCOC(=O)c1ccc(N=Cc2cc(C)n(-c3ccc4ncccc4c3)c2C)cc1. The smallest absolute Gasteiger partial charge is 0.338 e. The van der Waals surface area contributed by atoms with Gasteiger partial charge in [-0.05, 0) is 75.4 Å². The number of carbonyl (C=O) groups is 1. The van der Waals surface area contributed by atoms with Crippen LogP contribution in [0, 0.1) is 13.8 Å². The van der Waals surface area contributed by atoms with Crippen molar-refractivity contribution in [1.82, 2.24) is 9.55 Å². The minimum atomic E-state index is -0.317. The fourth-order valence-corrected chi connectivity index (χ4v) is 3.56. The van der Waals surface area contributed by atoms with Gasteiger partial charge in [-0.25, -0.2) is 4.79 Å². The summed E-state index contributed by atoms with van der Waals surface area (Å²) in [6, 6.07) is 19.5. The lowest BCUT2D eigenvalue weighted by Gasteiger charge is -2.10. The molecule has 0 N–H and O–H groups in total. The summed E-state index contributed by atoms with van der Waals surface area (Å²) in [6.45, 7) is 6.33. The molecule has 0 fully saturated rings. The molecule has 5 heteroatoms. The van der Waals surface area contributed by atoms with Gasteiger partial charge in [0.25, 0.3) is 0 Å². The van der Waals surface area contributed by atoms with Crippen molar-refractivity contribution in [2.75, 3.05) is 6.61 Å². The zero-order valence-electron chi connectivity index (χ0n) is 17.3. The first-order valence-electron chi connectivity index (χ1n) is 9.92. The Morgan fingerprint density at radius 3 is 2.67 bits per heavy atom. The Kier molecular flexibility index (Phi) is 5.44. The maximum atomic E-state index is 11.8. The molecule has 0 aliphatic carbocycles. The highest BCUT2D eigenvalue weighted by Crippen LogP contribution is 2.23. The molecule has 0 atom stereocenters. The average Bonchev–Trinajstić information content (AvgIpc) is 3.05. The molecule has 0 saturated carbocycles. The number of aliphatic imine (C=N–C) groups is 1. The summed E-state index contributed by atoms with van der Waals surface area (Å²) in [5.41, 5.74) is 6.69. The molecule has 4 rings (SSSR count). The van der Waals surface area contributed by atoms with Crippen molar-refractivity contribution in [1.29, 1.82) is 0 Å². The van der Waals surface area contributed by atoms with E-state index in [-0.39, 0.29) is 5.97 Å². The lowest BCUT2D eigenvalue weighted by atomic mass is 10.2. The van der Waals surface area contributed by atoms with Gasteiger partial charge in [0, 0.05) is 40.4 Å². The van der Waals surface area contributed by atoms with Gasteiger partial charge in [0.2, 0.25) is 0 Å². The van der Waals surface area contributed by atoms with Gasteiger partial charge < -0.3 is 9.30 Å². The first-order valence-corrected chi connectivity index (χ1v) is 9.92. The highest BCUT2D eigenvalue weighted by molar-refractivity contribution is 5.90. The second-order valence-electron chi connectivity index (χ2n) is 7.07. The van der Waals surface area contributed by atoms with Gasteiger partial charge in [0.1, 0.15) is 0 Å². The van der Waals surface area contributed by atoms with Gasteiger partial charge in [-0.1, -0.05) is 6.07 Å². The number of esters is 1. The Labute approximate surface area is 175 Å². The predicted molar refractivity (Wildman–Crippen MR) is 120 cm³/mol. The van der Waals surface area contributed by atoms with Crippen molar-refractivity contribution in [2.45, 2.75) is 20.8 Å². The molecule has 0 amide bonds. The fourth-order valence-electron chi connectivity index (χ4n) is 3.56. The van der Waals surface area contributed by atoms with Crippen LogP contribution in [0.3, 0.4) is 0 Å². The van der Waals surface area contributed by atoms with Crippen LogP contribution in [0.5, 0.6) is 0 Å². The third-order valence-corrected chi connectivity index (χ3v) is 5.05. The van der Waals surface area contributed by atoms with Crippen LogP contribution in [-0.2, 0) is 4.74 Å². The Hall–Kier alpha value is -3.73. The van der Waals surface area contributed by atoms with E-state index in [1.165, 1.54) is 0 Å². The maximum absolute atomic E-state index is 11.8. The lowest BCUT2D eigenvalue weighted by Crippen LogP contribution is -2.03. The van der Waals surface area contributed by atoms with Crippen molar-refractivity contribution < 1.29 is 9.53 Å². The topological polar surface area (TPSA) is 56.5 Å². The van der Waals surface area contributed by atoms with Gasteiger partial charge in [-0.3, -0.25) is 9.98 Å². The van der Waals surface area contributed by atoms with Gasteiger partial charge in [-0.15, -0.1) is 0 Å². The Balaban J connectivity index is 1.61. The molecule has 2 heterocycles. The molecule has 0 unspecified atom stereocenters. The number of fused-ring (bicyclic) bond motifs is 1. The quantitative estimate of drug-likeness (QED) is 0.327. The summed E-state index contributed by atoms with van der Waals surface area (Å²) in [4.78, 5) is 20.7. The molecule has 0 radical (unpaired) electrons. The number of nitrogens with zero attached hydrogens (tertiary/aromatic N) is 3. The largest absolute Gasteiger partial charge is 0.462 e. The number of aryl methyl sites for hydroxylation is 1. The normalized spacial score (nSPS) is 11.3. The predicted octanol–water partition coefficient (Wildman–Crippen LogP) is 5.57. The monoisotopic (exact) mass is 397 g/mol. The molecule has 2 aromatic heterocycles. The first kappa shape index (κ1) is 19.6. The van der Waals surface area contributed by atoms with Crippen LogP contribution in [0.15, 0.2) is 71.9 Å². The van der Waals surface area contributed by atoms with Crippen LogP contribution in [-0.4, -0.2) is 28.3 Å². The van der Waals surface area contributed by atoms with Crippen molar-refractivity contribution >= 4 is 28.8 Å². The summed E-state index contributed by atoms with van der Waals surface area (Å²) in [5, 5.41) is 1.11. The van der Waals surface area contributed by atoms with E-state index >= 15 is 0 Å². The second kappa shape index (κ2) is 8.33. The number of hydrogen-bond acceptors (Lipinski definition) is 4. The van der Waals surface area contributed by atoms with Crippen molar-refractivity contribution in [3.8, 4) is 5.69 Å². The summed E-state index contributed by atoms with van der Waals surface area (Å²) >= 11 is 0. The van der Waals surface area contributed by atoms with Crippen LogP contribution in [0.25, 0.3) is 16.6 Å². The number of pyridine rings is 1. The van der Waals surface area contributed by atoms with E-state index < -0.39 is 0 Å². The maximum Gasteiger partial charge on any atom is 0.338 e. The zero-order valence-corrected chi connectivity index (χ0v) is 17.3.